The van der Waals surface area contributed by atoms with Crippen molar-refractivity contribution in [2.45, 2.75) is 103 Å². The molecule has 2 saturated carbocycles. The Balaban J connectivity index is 1.39. The van der Waals surface area contributed by atoms with Crippen molar-refractivity contribution in [1.82, 2.24) is 0 Å². The summed E-state index contributed by atoms with van der Waals surface area (Å²) in [7, 11) is 0. The molecule has 186 valence electrons. The van der Waals surface area contributed by atoms with Crippen LogP contribution in [0.2, 0.25) is 0 Å². The van der Waals surface area contributed by atoms with Crippen LogP contribution in [0.3, 0.4) is 0 Å². The first-order valence-electron chi connectivity index (χ1n) is 12.6. The number of hydrogen-bond donors (Lipinski definition) is 0. The zero-order valence-electron chi connectivity index (χ0n) is 19.6. The molecule has 1 nitrogen and oxygen atoms in total. The summed E-state index contributed by atoms with van der Waals surface area (Å²) in [6, 6.07) is 2.01. The highest BCUT2D eigenvalue weighted by Gasteiger charge is 2.35. The second kappa shape index (κ2) is 12.2. The third-order valence-electron chi connectivity index (χ3n) is 7.65. The van der Waals surface area contributed by atoms with E-state index in [4.69, 9.17) is 0 Å². The first-order chi connectivity index (χ1) is 15.7. The Bertz CT molecular complexity index is 733. The molecule has 0 unspecified atom stereocenters. The van der Waals surface area contributed by atoms with E-state index in [1.807, 2.05) is 0 Å². The van der Waals surface area contributed by atoms with Gasteiger partial charge in [-0.1, -0.05) is 57.6 Å². The average Bonchev–Trinajstić information content (AvgIpc) is 2.78. The Kier molecular flexibility index (Phi) is 9.63. The number of halogens is 5. The second-order valence-corrected chi connectivity index (χ2v) is 10.0. The molecular formula is C27H37F5O. The molecule has 0 amide bonds. The summed E-state index contributed by atoms with van der Waals surface area (Å²) in [6.07, 6.45) is 14.6. The van der Waals surface area contributed by atoms with Crippen molar-refractivity contribution in [1.29, 1.82) is 0 Å². The highest BCUT2D eigenvalue weighted by Crippen LogP contribution is 2.41. The summed E-state index contributed by atoms with van der Waals surface area (Å²) < 4.78 is 68.6. The van der Waals surface area contributed by atoms with Crippen molar-refractivity contribution in [3.05, 3.63) is 41.5 Å². The summed E-state index contributed by atoms with van der Waals surface area (Å²) in [5, 5.41) is 0. The van der Waals surface area contributed by atoms with E-state index in [1.54, 1.807) is 0 Å². The summed E-state index contributed by atoms with van der Waals surface area (Å²) >= 11 is 0. The van der Waals surface area contributed by atoms with Gasteiger partial charge in [0.15, 0.2) is 11.6 Å². The Morgan fingerprint density at radius 1 is 0.788 bits per heavy atom. The second-order valence-electron chi connectivity index (χ2n) is 10.0. The van der Waals surface area contributed by atoms with Gasteiger partial charge in [-0.2, -0.15) is 0 Å². The lowest BCUT2D eigenvalue weighted by atomic mass is 9.74. The van der Waals surface area contributed by atoms with Gasteiger partial charge in [0.05, 0.1) is 0 Å². The lowest BCUT2D eigenvalue weighted by Gasteiger charge is -2.32. The van der Waals surface area contributed by atoms with Gasteiger partial charge in [0.1, 0.15) is 0 Å². The van der Waals surface area contributed by atoms with Crippen molar-refractivity contribution in [3.63, 3.8) is 0 Å². The molecule has 33 heavy (non-hydrogen) atoms. The Labute approximate surface area is 194 Å². The highest BCUT2D eigenvalue weighted by molar-refractivity contribution is 5.33. The number of ether oxygens (including phenoxy) is 1. The van der Waals surface area contributed by atoms with E-state index >= 15 is 0 Å². The number of rotatable bonds is 9. The van der Waals surface area contributed by atoms with Crippen LogP contribution in [0.25, 0.3) is 0 Å². The molecule has 0 heterocycles. The van der Waals surface area contributed by atoms with Gasteiger partial charge in [-0.25, -0.2) is 8.78 Å². The maximum Gasteiger partial charge on any atom is 0.573 e. The molecule has 0 N–H and O–H groups in total. The van der Waals surface area contributed by atoms with Crippen LogP contribution in [-0.4, -0.2) is 6.36 Å². The summed E-state index contributed by atoms with van der Waals surface area (Å²) in [6.45, 7) is 2.17. The fraction of sp³-hybridized carbons (Fsp3) is 0.704. The van der Waals surface area contributed by atoms with Crippen LogP contribution in [0.4, 0.5) is 22.0 Å². The van der Waals surface area contributed by atoms with E-state index in [-0.39, 0.29) is 5.92 Å². The lowest BCUT2D eigenvalue weighted by molar-refractivity contribution is -0.276. The van der Waals surface area contributed by atoms with Gasteiger partial charge >= 0.3 is 6.36 Å². The van der Waals surface area contributed by atoms with Crippen LogP contribution in [-0.2, 0) is 0 Å². The maximum atomic E-state index is 14.1. The first-order valence-corrected chi connectivity index (χ1v) is 12.6. The molecule has 0 atom stereocenters. The van der Waals surface area contributed by atoms with Gasteiger partial charge < -0.3 is 4.74 Å². The normalized spacial score (nSPS) is 26.6. The molecule has 3 rings (SSSR count). The number of alkyl halides is 3. The van der Waals surface area contributed by atoms with E-state index in [1.165, 1.54) is 51.4 Å². The molecule has 6 heteroatoms. The van der Waals surface area contributed by atoms with Crippen LogP contribution in [0.15, 0.2) is 24.3 Å². The molecule has 1 aromatic rings. The lowest BCUT2D eigenvalue weighted by Crippen LogP contribution is -2.20. The molecule has 0 radical (unpaired) electrons. The van der Waals surface area contributed by atoms with Crippen molar-refractivity contribution in [2.24, 2.45) is 17.8 Å². The minimum absolute atomic E-state index is 0.0117. The molecule has 0 spiro atoms. The van der Waals surface area contributed by atoms with E-state index in [0.29, 0.717) is 11.5 Å². The van der Waals surface area contributed by atoms with E-state index < -0.39 is 23.7 Å². The predicted molar refractivity (Wildman–Crippen MR) is 121 cm³/mol. The molecular weight excluding hydrogens is 435 g/mol. The minimum atomic E-state index is -5.12. The molecule has 2 aliphatic carbocycles. The van der Waals surface area contributed by atoms with Crippen molar-refractivity contribution in [2.75, 3.05) is 0 Å². The Morgan fingerprint density at radius 3 is 1.76 bits per heavy atom. The average molecular weight is 473 g/mol. The maximum absolute atomic E-state index is 14.1. The quantitative estimate of drug-likeness (QED) is 0.257. The number of benzene rings is 1. The van der Waals surface area contributed by atoms with Gasteiger partial charge in [0.2, 0.25) is 5.75 Å². The van der Waals surface area contributed by atoms with Crippen LogP contribution in [0.5, 0.6) is 5.75 Å². The number of hydrogen-bond acceptors (Lipinski definition) is 1. The largest absolute Gasteiger partial charge is 0.573 e. The highest BCUT2D eigenvalue weighted by atomic mass is 19.4. The van der Waals surface area contributed by atoms with Crippen molar-refractivity contribution in [3.8, 4) is 5.75 Å². The van der Waals surface area contributed by atoms with E-state index in [9.17, 15) is 22.0 Å². The van der Waals surface area contributed by atoms with Gasteiger partial charge in [-0.15, -0.1) is 13.2 Å². The fourth-order valence-electron chi connectivity index (χ4n) is 5.71. The van der Waals surface area contributed by atoms with E-state index in [2.05, 4.69) is 23.8 Å². The van der Waals surface area contributed by atoms with Crippen LogP contribution >= 0.6 is 0 Å². The summed E-state index contributed by atoms with van der Waals surface area (Å²) in [4.78, 5) is 0. The number of allylic oxidation sites excluding steroid dienone is 2. The van der Waals surface area contributed by atoms with Crippen LogP contribution < -0.4 is 4.74 Å². The minimum Gasteiger partial charge on any atom is -0.399 e. The van der Waals surface area contributed by atoms with Gasteiger partial charge in [0, 0.05) is 0 Å². The molecule has 2 aliphatic rings. The van der Waals surface area contributed by atoms with Crippen LogP contribution in [0.1, 0.15) is 102 Å². The first kappa shape index (κ1) is 26.0. The Hall–Kier alpha value is -1.59. The molecule has 0 saturated heterocycles. The third-order valence-corrected chi connectivity index (χ3v) is 7.65. The standard InChI is InChI=1S/C27H37F5O/c1-2-3-4-5-6-19-7-9-20(10-8-19)11-12-21-13-15-22(16-14-21)23-17-24(28)26(25(29)18-23)33-27(30,31)32/h3-4,17-22H,2,5-16H2,1H3/b4-3+/t19-,20-,21-,22-. The molecule has 2 fully saturated rings. The smallest absolute Gasteiger partial charge is 0.399 e. The zero-order valence-corrected chi connectivity index (χ0v) is 19.6. The van der Waals surface area contributed by atoms with Crippen LogP contribution in [0, 0.1) is 29.4 Å². The SMILES string of the molecule is CC/C=C/CC[C@H]1CC[C@H](CC[C@H]2CC[C@H](c3cc(F)c(OC(F)(F)F)c(F)c3)CC2)CC1. The molecule has 0 aliphatic heterocycles. The van der Waals surface area contributed by atoms with Gasteiger partial charge in [0.25, 0.3) is 0 Å². The van der Waals surface area contributed by atoms with Crippen molar-refractivity contribution >= 4 is 0 Å². The summed E-state index contributed by atoms with van der Waals surface area (Å²) in [5.74, 6) is -1.61. The topological polar surface area (TPSA) is 9.23 Å². The fourth-order valence-corrected chi connectivity index (χ4v) is 5.71. The monoisotopic (exact) mass is 472 g/mol. The van der Waals surface area contributed by atoms with E-state index in [0.717, 1.165) is 56.1 Å². The zero-order chi connectivity index (χ0) is 23.8. The third kappa shape index (κ3) is 8.29. The Morgan fingerprint density at radius 2 is 1.27 bits per heavy atom. The van der Waals surface area contributed by atoms with Gasteiger partial charge in [-0.05, 0) is 86.3 Å². The van der Waals surface area contributed by atoms with Crippen molar-refractivity contribution < 1.29 is 26.7 Å². The summed E-state index contributed by atoms with van der Waals surface area (Å²) in [5.41, 5.74) is 0.435. The molecule has 0 bridgehead atoms. The predicted octanol–water partition coefficient (Wildman–Crippen LogP) is 9.47. The molecule has 1 aromatic carbocycles. The molecule has 0 aromatic heterocycles. The van der Waals surface area contributed by atoms with Gasteiger partial charge in [-0.3, -0.25) is 0 Å².